The number of likely N-dealkylation sites (tertiary alicyclic amines) is 1. The molecule has 2 heteroatoms. The molecular weight excluding hydrogens is 148 g/mol. The van der Waals surface area contributed by atoms with Gasteiger partial charge in [-0.15, -0.1) is 0 Å². The number of aromatic nitrogens is 1. The van der Waals surface area contributed by atoms with Crippen molar-refractivity contribution in [3.63, 3.8) is 0 Å². The second-order valence-electron chi connectivity index (χ2n) is 3.67. The molecule has 1 aromatic heterocycles. The summed E-state index contributed by atoms with van der Waals surface area (Å²) in [6.07, 6.45) is 7.09. The van der Waals surface area contributed by atoms with Gasteiger partial charge in [-0.25, -0.2) is 0 Å². The molecule has 0 saturated carbocycles. The highest BCUT2D eigenvalue weighted by molar-refractivity contribution is 5.09. The molecular formula is C10H16N2. The molecule has 1 aliphatic heterocycles. The van der Waals surface area contributed by atoms with Gasteiger partial charge in [0.2, 0.25) is 0 Å². The van der Waals surface area contributed by atoms with Crippen LogP contribution in [0.5, 0.6) is 0 Å². The number of hydrogen-bond acceptors (Lipinski definition) is 1. The third kappa shape index (κ3) is 1.69. The van der Waals surface area contributed by atoms with Gasteiger partial charge in [0.15, 0.2) is 0 Å². The third-order valence-electron chi connectivity index (χ3n) is 2.50. The second kappa shape index (κ2) is 3.31. The van der Waals surface area contributed by atoms with Gasteiger partial charge in [0, 0.05) is 26.0 Å². The summed E-state index contributed by atoms with van der Waals surface area (Å²) >= 11 is 0. The lowest BCUT2D eigenvalue weighted by atomic mass is 10.3. The zero-order valence-corrected chi connectivity index (χ0v) is 7.66. The van der Waals surface area contributed by atoms with Gasteiger partial charge in [-0.05, 0) is 37.6 Å². The first-order valence-electron chi connectivity index (χ1n) is 4.68. The Balaban J connectivity index is 1.94. The van der Waals surface area contributed by atoms with E-state index in [1.165, 1.54) is 31.5 Å². The summed E-state index contributed by atoms with van der Waals surface area (Å²) in [5, 5.41) is 0. The molecule has 1 aliphatic rings. The standard InChI is InChI=1S/C10H16N2/c1-11-7-4-10(8-11)9-12-5-2-3-6-12/h4,7-8H,2-3,5-6,9H2,1H3. The van der Waals surface area contributed by atoms with Crippen LogP contribution in [0.15, 0.2) is 18.5 Å². The molecule has 12 heavy (non-hydrogen) atoms. The lowest BCUT2D eigenvalue weighted by Crippen LogP contribution is -2.17. The molecule has 0 unspecified atom stereocenters. The van der Waals surface area contributed by atoms with Gasteiger partial charge in [-0.1, -0.05) is 0 Å². The minimum atomic E-state index is 1.14. The van der Waals surface area contributed by atoms with Crippen LogP contribution in [-0.4, -0.2) is 22.6 Å². The molecule has 0 spiro atoms. The summed E-state index contributed by atoms with van der Waals surface area (Å²) in [4.78, 5) is 2.52. The van der Waals surface area contributed by atoms with Gasteiger partial charge in [-0.2, -0.15) is 0 Å². The fraction of sp³-hybridized carbons (Fsp3) is 0.600. The van der Waals surface area contributed by atoms with Crippen molar-refractivity contribution in [2.24, 2.45) is 7.05 Å². The molecule has 1 saturated heterocycles. The van der Waals surface area contributed by atoms with Crippen molar-refractivity contribution in [1.29, 1.82) is 0 Å². The van der Waals surface area contributed by atoms with E-state index in [9.17, 15) is 0 Å². The predicted octanol–water partition coefficient (Wildman–Crippen LogP) is 1.62. The Hall–Kier alpha value is -0.760. The van der Waals surface area contributed by atoms with Gasteiger partial charge in [0.05, 0.1) is 0 Å². The number of aryl methyl sites for hydroxylation is 1. The van der Waals surface area contributed by atoms with E-state index in [-0.39, 0.29) is 0 Å². The number of rotatable bonds is 2. The van der Waals surface area contributed by atoms with Crippen LogP contribution in [0.3, 0.4) is 0 Å². The van der Waals surface area contributed by atoms with Crippen molar-refractivity contribution in [1.82, 2.24) is 9.47 Å². The van der Waals surface area contributed by atoms with E-state index < -0.39 is 0 Å². The van der Waals surface area contributed by atoms with E-state index in [4.69, 9.17) is 0 Å². The summed E-state index contributed by atoms with van der Waals surface area (Å²) in [5.41, 5.74) is 1.44. The van der Waals surface area contributed by atoms with Crippen LogP contribution < -0.4 is 0 Å². The third-order valence-corrected chi connectivity index (χ3v) is 2.50. The quantitative estimate of drug-likeness (QED) is 0.645. The molecule has 0 aliphatic carbocycles. The average Bonchev–Trinajstić information content (AvgIpc) is 2.63. The first-order valence-corrected chi connectivity index (χ1v) is 4.68. The molecule has 0 bridgehead atoms. The highest BCUT2D eigenvalue weighted by Gasteiger charge is 2.11. The molecule has 0 aromatic carbocycles. The van der Waals surface area contributed by atoms with Crippen molar-refractivity contribution in [3.05, 3.63) is 24.0 Å². The van der Waals surface area contributed by atoms with Crippen molar-refractivity contribution in [3.8, 4) is 0 Å². The fourth-order valence-electron chi connectivity index (χ4n) is 1.85. The highest BCUT2D eigenvalue weighted by Crippen LogP contribution is 2.12. The summed E-state index contributed by atoms with van der Waals surface area (Å²) in [7, 11) is 2.08. The average molecular weight is 164 g/mol. The Morgan fingerprint density at radius 1 is 1.33 bits per heavy atom. The molecule has 2 nitrogen and oxygen atoms in total. The van der Waals surface area contributed by atoms with E-state index in [1.807, 2.05) is 0 Å². The Morgan fingerprint density at radius 2 is 2.08 bits per heavy atom. The summed E-state index contributed by atoms with van der Waals surface area (Å²) in [5.74, 6) is 0. The van der Waals surface area contributed by atoms with Crippen LogP contribution in [-0.2, 0) is 13.6 Å². The fourth-order valence-corrected chi connectivity index (χ4v) is 1.85. The Kier molecular flexibility index (Phi) is 2.17. The number of nitrogens with zero attached hydrogens (tertiary/aromatic N) is 2. The zero-order valence-electron chi connectivity index (χ0n) is 7.66. The lowest BCUT2D eigenvalue weighted by Gasteiger charge is -2.12. The summed E-state index contributed by atoms with van der Waals surface area (Å²) < 4.78 is 2.12. The molecule has 0 radical (unpaired) electrons. The minimum Gasteiger partial charge on any atom is -0.357 e. The first kappa shape index (κ1) is 7.87. The molecule has 2 rings (SSSR count). The van der Waals surface area contributed by atoms with Crippen LogP contribution in [0, 0.1) is 0 Å². The maximum absolute atomic E-state index is 2.52. The predicted molar refractivity (Wildman–Crippen MR) is 49.9 cm³/mol. The van der Waals surface area contributed by atoms with E-state index in [0.717, 1.165) is 6.54 Å². The van der Waals surface area contributed by atoms with E-state index >= 15 is 0 Å². The van der Waals surface area contributed by atoms with Gasteiger partial charge >= 0.3 is 0 Å². The van der Waals surface area contributed by atoms with Gasteiger partial charge < -0.3 is 4.57 Å². The van der Waals surface area contributed by atoms with Crippen molar-refractivity contribution < 1.29 is 0 Å². The van der Waals surface area contributed by atoms with Gasteiger partial charge in [-0.3, -0.25) is 4.90 Å². The zero-order chi connectivity index (χ0) is 8.39. The lowest BCUT2D eigenvalue weighted by molar-refractivity contribution is 0.331. The molecule has 2 heterocycles. The summed E-state index contributed by atoms with van der Waals surface area (Å²) in [6, 6.07) is 2.21. The Morgan fingerprint density at radius 3 is 2.67 bits per heavy atom. The van der Waals surface area contributed by atoms with Crippen LogP contribution >= 0.6 is 0 Å². The second-order valence-corrected chi connectivity index (χ2v) is 3.67. The minimum absolute atomic E-state index is 1.14. The monoisotopic (exact) mass is 164 g/mol. The van der Waals surface area contributed by atoms with Crippen molar-refractivity contribution in [2.45, 2.75) is 19.4 Å². The van der Waals surface area contributed by atoms with Crippen LogP contribution in [0.4, 0.5) is 0 Å². The van der Waals surface area contributed by atoms with Crippen molar-refractivity contribution in [2.75, 3.05) is 13.1 Å². The van der Waals surface area contributed by atoms with E-state index in [1.54, 1.807) is 0 Å². The van der Waals surface area contributed by atoms with E-state index in [2.05, 4.69) is 35.0 Å². The maximum Gasteiger partial charge on any atom is 0.0248 e. The highest BCUT2D eigenvalue weighted by atomic mass is 15.1. The largest absolute Gasteiger partial charge is 0.357 e. The maximum atomic E-state index is 2.52. The summed E-state index contributed by atoms with van der Waals surface area (Å²) in [6.45, 7) is 3.71. The van der Waals surface area contributed by atoms with Gasteiger partial charge in [0.25, 0.3) is 0 Å². The normalized spacial score (nSPS) is 18.8. The smallest absolute Gasteiger partial charge is 0.0248 e. The van der Waals surface area contributed by atoms with Crippen LogP contribution in [0.2, 0.25) is 0 Å². The van der Waals surface area contributed by atoms with Crippen LogP contribution in [0.25, 0.3) is 0 Å². The molecule has 0 atom stereocenters. The molecule has 66 valence electrons. The topological polar surface area (TPSA) is 8.17 Å². The van der Waals surface area contributed by atoms with Crippen LogP contribution in [0.1, 0.15) is 18.4 Å². The molecule has 0 N–H and O–H groups in total. The Labute approximate surface area is 73.8 Å². The van der Waals surface area contributed by atoms with Crippen molar-refractivity contribution >= 4 is 0 Å². The SMILES string of the molecule is Cn1ccc(CN2CCCC2)c1. The molecule has 0 amide bonds. The molecule has 1 fully saturated rings. The Bertz CT molecular complexity index is 246. The first-order chi connectivity index (χ1) is 5.84. The molecule has 1 aromatic rings. The van der Waals surface area contributed by atoms with Gasteiger partial charge in [0.1, 0.15) is 0 Å². The number of hydrogen-bond donors (Lipinski definition) is 0. The van der Waals surface area contributed by atoms with E-state index in [0.29, 0.717) is 0 Å².